The van der Waals surface area contributed by atoms with E-state index in [-0.39, 0.29) is 17.9 Å². The van der Waals surface area contributed by atoms with E-state index >= 15 is 0 Å². The van der Waals surface area contributed by atoms with Gasteiger partial charge in [-0.3, -0.25) is 0 Å². The molecule has 11 nitrogen and oxygen atoms in total. The van der Waals surface area contributed by atoms with Gasteiger partial charge in [-0.05, 0) is 103 Å². The highest BCUT2D eigenvalue weighted by Gasteiger charge is 2.16. The number of hydrogen-bond donors (Lipinski definition) is 2. The molecule has 11 heteroatoms. The third-order valence-electron chi connectivity index (χ3n) is 11.0. The summed E-state index contributed by atoms with van der Waals surface area (Å²) < 4.78 is 17.0. The zero-order valence-corrected chi connectivity index (χ0v) is 36.8. The summed E-state index contributed by atoms with van der Waals surface area (Å²) in [5.74, 6) is 1.12. The van der Waals surface area contributed by atoms with Crippen molar-refractivity contribution in [1.82, 2.24) is 15.0 Å². The number of esters is 3. The zero-order chi connectivity index (χ0) is 43.1. The van der Waals surface area contributed by atoms with Crippen molar-refractivity contribution in [3.63, 3.8) is 0 Å². The van der Waals surface area contributed by atoms with Crippen LogP contribution < -0.4 is 10.6 Å². The highest BCUT2D eigenvalue weighted by atomic mass is 16.5. The van der Waals surface area contributed by atoms with Crippen molar-refractivity contribution in [3.8, 4) is 0 Å². The summed E-state index contributed by atoms with van der Waals surface area (Å²) >= 11 is 0. The normalized spacial score (nSPS) is 12.6. The molecular formula is C49H67N5O6. The van der Waals surface area contributed by atoms with Crippen molar-refractivity contribution in [3.05, 3.63) is 101 Å². The van der Waals surface area contributed by atoms with Gasteiger partial charge in [0, 0.05) is 17.8 Å². The first kappa shape index (κ1) is 47.4. The first-order valence-electron chi connectivity index (χ1n) is 22.3. The Morgan fingerprint density at radius 3 is 1.13 bits per heavy atom. The van der Waals surface area contributed by atoms with Crippen LogP contribution in [-0.4, -0.2) is 52.7 Å². The summed E-state index contributed by atoms with van der Waals surface area (Å²) in [5.41, 5.74) is 3.67. The van der Waals surface area contributed by atoms with E-state index in [9.17, 15) is 14.4 Å². The lowest BCUT2D eigenvalue weighted by Crippen LogP contribution is -2.14. The molecule has 0 saturated carbocycles. The molecule has 3 aromatic carbocycles. The molecule has 0 aliphatic rings. The van der Waals surface area contributed by atoms with Gasteiger partial charge in [0.2, 0.25) is 11.9 Å². The molecular weight excluding hydrogens is 755 g/mol. The van der Waals surface area contributed by atoms with E-state index in [2.05, 4.69) is 57.2 Å². The number of hydrogen-bond acceptors (Lipinski definition) is 11. The van der Waals surface area contributed by atoms with Crippen LogP contribution in [0.4, 0.5) is 23.3 Å². The fourth-order valence-corrected chi connectivity index (χ4v) is 6.71. The van der Waals surface area contributed by atoms with Crippen molar-refractivity contribution in [2.24, 2.45) is 17.8 Å². The number of carbonyl (C=O) groups excluding carboxylic acids is 3. The molecule has 0 fully saturated rings. The molecule has 0 saturated heterocycles. The summed E-state index contributed by atoms with van der Waals surface area (Å²) in [5, 5.41) is 6.51. The number of ether oxygens (including phenoxy) is 3. The van der Waals surface area contributed by atoms with E-state index in [0.717, 1.165) is 82.6 Å². The van der Waals surface area contributed by atoms with Gasteiger partial charge in [0.1, 0.15) is 5.82 Å². The molecule has 1 aromatic heterocycles. The van der Waals surface area contributed by atoms with Crippen LogP contribution in [0.15, 0.2) is 72.8 Å². The van der Waals surface area contributed by atoms with Gasteiger partial charge in [-0.1, -0.05) is 111 Å². The molecule has 0 aliphatic heterocycles. The van der Waals surface area contributed by atoms with E-state index in [1.807, 2.05) is 12.1 Å². The van der Waals surface area contributed by atoms with E-state index < -0.39 is 0 Å². The number of benzene rings is 3. The molecule has 324 valence electrons. The van der Waals surface area contributed by atoms with E-state index in [0.29, 0.717) is 89.8 Å². The Hall–Kier alpha value is -5.32. The first-order chi connectivity index (χ1) is 29.2. The van der Waals surface area contributed by atoms with Crippen LogP contribution in [0.2, 0.25) is 0 Å². The molecule has 4 rings (SSSR count). The minimum absolute atomic E-state index is 0.294. The van der Waals surface area contributed by atoms with Crippen LogP contribution in [0, 0.1) is 17.8 Å². The molecule has 0 amide bonds. The van der Waals surface area contributed by atoms with Gasteiger partial charge in [-0.25, -0.2) is 14.4 Å². The number of rotatable bonds is 27. The highest BCUT2D eigenvalue weighted by molar-refractivity contribution is 5.91. The first-order valence-corrected chi connectivity index (χ1v) is 22.3. The largest absolute Gasteiger partial charge is 0.462 e. The minimum atomic E-state index is -0.349. The monoisotopic (exact) mass is 822 g/mol. The maximum atomic E-state index is 12.9. The molecule has 60 heavy (non-hydrogen) atoms. The predicted molar refractivity (Wildman–Crippen MR) is 239 cm³/mol. The Labute approximate surface area is 357 Å². The number of nitrogens with one attached hydrogen (secondary N) is 2. The molecule has 2 N–H and O–H groups in total. The SMILES string of the molecule is CCCCC(CC)COC(=O)c1ccc(Cc2nc(Nc3ccc(C(=O)OCC(CC)CCCC)cc3)nc(Nc3ccc(C(=O)OCC(CC)CCCC)cc3)n2)cc1. The summed E-state index contributed by atoms with van der Waals surface area (Å²) in [6, 6.07) is 21.3. The summed E-state index contributed by atoms with van der Waals surface area (Å²) in [6.07, 6.45) is 13.1. The molecule has 0 spiro atoms. The molecule has 4 aromatic rings. The summed E-state index contributed by atoms with van der Waals surface area (Å²) in [6.45, 7) is 14.1. The number of nitrogens with zero attached hydrogens (tertiary/aromatic N) is 3. The third kappa shape index (κ3) is 16.0. The molecule has 0 bridgehead atoms. The Morgan fingerprint density at radius 2 is 0.817 bits per heavy atom. The van der Waals surface area contributed by atoms with Gasteiger partial charge >= 0.3 is 17.9 Å². The molecule has 0 aliphatic carbocycles. The second-order valence-corrected chi connectivity index (χ2v) is 15.7. The Balaban J connectivity index is 1.49. The topological polar surface area (TPSA) is 142 Å². The van der Waals surface area contributed by atoms with Crippen LogP contribution in [0.1, 0.15) is 161 Å². The molecule has 3 atom stereocenters. The average Bonchev–Trinajstić information content (AvgIpc) is 3.27. The summed E-state index contributed by atoms with van der Waals surface area (Å²) in [7, 11) is 0. The lowest BCUT2D eigenvalue weighted by Gasteiger charge is -2.15. The van der Waals surface area contributed by atoms with Crippen LogP contribution >= 0.6 is 0 Å². The van der Waals surface area contributed by atoms with Gasteiger partial charge < -0.3 is 24.8 Å². The maximum Gasteiger partial charge on any atom is 0.338 e. The fraction of sp³-hybridized carbons (Fsp3) is 0.510. The third-order valence-corrected chi connectivity index (χ3v) is 11.0. The van der Waals surface area contributed by atoms with Gasteiger partial charge in [-0.15, -0.1) is 0 Å². The highest BCUT2D eigenvalue weighted by Crippen LogP contribution is 2.22. The van der Waals surface area contributed by atoms with Crippen LogP contribution in [0.25, 0.3) is 0 Å². The number of carbonyl (C=O) groups is 3. The van der Waals surface area contributed by atoms with Crippen molar-refractivity contribution in [2.45, 2.75) is 125 Å². The lowest BCUT2D eigenvalue weighted by molar-refractivity contribution is 0.0419. The smallest absolute Gasteiger partial charge is 0.338 e. The molecule has 3 unspecified atom stereocenters. The second-order valence-electron chi connectivity index (χ2n) is 15.7. The summed E-state index contributed by atoms with van der Waals surface area (Å²) in [4.78, 5) is 52.6. The fourth-order valence-electron chi connectivity index (χ4n) is 6.71. The molecule has 1 heterocycles. The minimum Gasteiger partial charge on any atom is -0.462 e. The van der Waals surface area contributed by atoms with Crippen LogP contribution in [0.3, 0.4) is 0 Å². The Bertz CT molecular complexity index is 1650. The van der Waals surface area contributed by atoms with E-state index in [1.165, 1.54) is 0 Å². The van der Waals surface area contributed by atoms with Gasteiger partial charge in [0.25, 0.3) is 0 Å². The van der Waals surface area contributed by atoms with Crippen molar-refractivity contribution >= 4 is 41.2 Å². The standard InChI is InChI=1S/C49H67N5O6/c1-7-13-16-35(10-4)32-58-45(55)39-21-19-38(20-22-39)31-44-52-48(50-42-27-23-40(24-28-42)46(56)59-33-36(11-5)17-14-8-2)54-49(53-44)51-43-29-25-41(26-30-43)47(57)60-34-37(12-6)18-15-9-3/h19-30,35-37H,7-18,31-34H2,1-6H3,(H2,50,51,52,53,54). The number of unbranched alkanes of at least 4 members (excludes halogenated alkanes) is 3. The Kier molecular flexibility index (Phi) is 20.5. The second kappa shape index (κ2) is 26.0. The van der Waals surface area contributed by atoms with Crippen molar-refractivity contribution < 1.29 is 28.6 Å². The average molecular weight is 822 g/mol. The van der Waals surface area contributed by atoms with Crippen LogP contribution in [-0.2, 0) is 20.6 Å². The number of aromatic nitrogens is 3. The van der Waals surface area contributed by atoms with Crippen molar-refractivity contribution in [1.29, 1.82) is 0 Å². The number of anilines is 4. The van der Waals surface area contributed by atoms with Gasteiger partial charge in [0.05, 0.1) is 36.5 Å². The van der Waals surface area contributed by atoms with Crippen LogP contribution in [0.5, 0.6) is 0 Å². The quantitative estimate of drug-likeness (QED) is 0.0438. The zero-order valence-electron chi connectivity index (χ0n) is 36.8. The molecule has 0 radical (unpaired) electrons. The van der Waals surface area contributed by atoms with Crippen molar-refractivity contribution in [2.75, 3.05) is 30.5 Å². The van der Waals surface area contributed by atoms with E-state index in [1.54, 1.807) is 60.7 Å². The Morgan fingerprint density at radius 1 is 0.483 bits per heavy atom. The van der Waals surface area contributed by atoms with Gasteiger partial charge in [-0.2, -0.15) is 15.0 Å². The maximum absolute atomic E-state index is 12.9. The van der Waals surface area contributed by atoms with Gasteiger partial charge in [0.15, 0.2) is 0 Å². The lowest BCUT2D eigenvalue weighted by atomic mass is 10.0. The predicted octanol–water partition coefficient (Wildman–Crippen LogP) is 12.1. The van der Waals surface area contributed by atoms with E-state index in [4.69, 9.17) is 24.2 Å².